The highest BCUT2D eigenvalue weighted by Crippen LogP contribution is 2.15. The molecule has 1 heterocycles. The molecule has 0 radical (unpaired) electrons. The van der Waals surface area contributed by atoms with Crippen molar-refractivity contribution in [2.45, 2.75) is 20.3 Å². The summed E-state index contributed by atoms with van der Waals surface area (Å²) < 4.78 is 4.92. The Labute approximate surface area is 88.1 Å². The molecule has 1 rings (SSSR count). The van der Waals surface area contributed by atoms with Crippen LogP contribution in [0.3, 0.4) is 0 Å². The highest BCUT2D eigenvalue weighted by Gasteiger charge is 2.28. The predicted molar refractivity (Wildman–Crippen MR) is 53.1 cm³/mol. The van der Waals surface area contributed by atoms with Gasteiger partial charge < -0.3 is 15.2 Å². The standard InChI is InChI=1S/C10H15NO4/c1-10(2,9(13)14)6-11-8(12)7-3-4-15-5-7/h5H,3-4,6H2,1-2H3,(H,11,12)(H,13,14). The second-order valence-electron chi connectivity index (χ2n) is 4.14. The van der Waals surface area contributed by atoms with Crippen LogP contribution in [0.5, 0.6) is 0 Å². The van der Waals surface area contributed by atoms with Crippen LogP contribution < -0.4 is 5.32 Å². The third-order valence-corrected chi connectivity index (χ3v) is 2.28. The minimum Gasteiger partial charge on any atom is -0.500 e. The zero-order valence-corrected chi connectivity index (χ0v) is 8.87. The lowest BCUT2D eigenvalue weighted by atomic mass is 9.94. The maximum absolute atomic E-state index is 11.5. The van der Waals surface area contributed by atoms with Crippen LogP contribution in [-0.2, 0) is 14.3 Å². The molecular formula is C10H15NO4. The molecule has 0 spiro atoms. The van der Waals surface area contributed by atoms with E-state index in [1.54, 1.807) is 13.8 Å². The first kappa shape index (κ1) is 11.6. The van der Waals surface area contributed by atoms with Crippen molar-refractivity contribution in [2.75, 3.05) is 13.2 Å². The topological polar surface area (TPSA) is 75.6 Å². The number of hydrogen-bond donors (Lipinski definition) is 2. The van der Waals surface area contributed by atoms with Crippen molar-refractivity contribution in [2.24, 2.45) is 5.41 Å². The van der Waals surface area contributed by atoms with Crippen LogP contribution in [0.1, 0.15) is 20.3 Å². The summed E-state index contributed by atoms with van der Waals surface area (Å²) in [5.74, 6) is -1.18. The minimum atomic E-state index is -0.949. The van der Waals surface area contributed by atoms with Gasteiger partial charge in [-0.05, 0) is 13.8 Å². The summed E-state index contributed by atoms with van der Waals surface area (Å²) in [6.45, 7) is 3.76. The Balaban J connectivity index is 2.43. The van der Waals surface area contributed by atoms with Gasteiger partial charge in [0, 0.05) is 13.0 Å². The van der Waals surface area contributed by atoms with E-state index in [1.807, 2.05) is 0 Å². The summed E-state index contributed by atoms with van der Waals surface area (Å²) in [5.41, 5.74) is -0.383. The molecule has 0 aromatic rings. The monoisotopic (exact) mass is 213 g/mol. The van der Waals surface area contributed by atoms with E-state index in [9.17, 15) is 9.59 Å². The van der Waals surface area contributed by atoms with Crippen molar-refractivity contribution >= 4 is 11.9 Å². The number of carboxylic acids is 1. The molecule has 1 amide bonds. The summed E-state index contributed by atoms with van der Waals surface area (Å²) in [6.07, 6.45) is 2.00. The molecule has 1 aliphatic rings. The summed E-state index contributed by atoms with van der Waals surface area (Å²) >= 11 is 0. The number of ether oxygens (including phenoxy) is 1. The van der Waals surface area contributed by atoms with Gasteiger partial charge in [-0.15, -0.1) is 0 Å². The number of hydrogen-bond acceptors (Lipinski definition) is 3. The number of aliphatic carboxylic acids is 1. The Morgan fingerprint density at radius 2 is 2.27 bits per heavy atom. The average Bonchev–Trinajstić information content (AvgIpc) is 2.66. The van der Waals surface area contributed by atoms with E-state index in [0.717, 1.165) is 0 Å². The molecule has 0 aliphatic carbocycles. The first-order valence-electron chi connectivity index (χ1n) is 4.76. The summed E-state index contributed by atoms with van der Waals surface area (Å²) in [5, 5.41) is 11.4. The van der Waals surface area contributed by atoms with E-state index in [1.165, 1.54) is 6.26 Å². The Morgan fingerprint density at radius 3 is 2.73 bits per heavy atom. The maximum atomic E-state index is 11.5. The van der Waals surface area contributed by atoms with Crippen LogP contribution in [0.25, 0.3) is 0 Å². The third kappa shape index (κ3) is 2.97. The number of rotatable bonds is 4. The number of nitrogens with one attached hydrogen (secondary N) is 1. The predicted octanol–water partition coefficient (Wildman–Crippen LogP) is 0.518. The Kier molecular flexibility index (Phi) is 3.34. The lowest BCUT2D eigenvalue weighted by molar-refractivity contribution is -0.146. The Morgan fingerprint density at radius 1 is 1.60 bits per heavy atom. The first-order chi connectivity index (χ1) is 6.93. The number of carbonyl (C=O) groups is 2. The van der Waals surface area contributed by atoms with Crippen molar-refractivity contribution in [3.05, 3.63) is 11.8 Å². The molecule has 15 heavy (non-hydrogen) atoms. The Hall–Kier alpha value is -1.52. The fraction of sp³-hybridized carbons (Fsp3) is 0.600. The van der Waals surface area contributed by atoms with Crippen LogP contribution in [0.4, 0.5) is 0 Å². The third-order valence-electron chi connectivity index (χ3n) is 2.28. The van der Waals surface area contributed by atoms with Crippen LogP contribution >= 0.6 is 0 Å². The Bertz CT molecular complexity index is 307. The van der Waals surface area contributed by atoms with Crippen LogP contribution in [0.2, 0.25) is 0 Å². The van der Waals surface area contributed by atoms with E-state index < -0.39 is 11.4 Å². The van der Waals surface area contributed by atoms with Gasteiger partial charge >= 0.3 is 5.97 Å². The van der Waals surface area contributed by atoms with E-state index in [0.29, 0.717) is 18.6 Å². The normalized spacial score (nSPS) is 15.5. The molecule has 84 valence electrons. The molecule has 0 saturated heterocycles. The molecule has 0 aromatic heterocycles. The number of carboxylic acid groups (broad SMARTS) is 1. The highest BCUT2D eigenvalue weighted by molar-refractivity contribution is 5.93. The maximum Gasteiger partial charge on any atom is 0.310 e. The molecular weight excluding hydrogens is 198 g/mol. The zero-order valence-electron chi connectivity index (χ0n) is 8.87. The molecule has 2 N–H and O–H groups in total. The lowest BCUT2D eigenvalue weighted by Crippen LogP contribution is -2.39. The van der Waals surface area contributed by atoms with Gasteiger partial charge in [0.15, 0.2) is 0 Å². The quantitative estimate of drug-likeness (QED) is 0.713. The summed E-state index contributed by atoms with van der Waals surface area (Å²) in [6, 6.07) is 0. The number of amides is 1. The van der Waals surface area contributed by atoms with Gasteiger partial charge in [-0.1, -0.05) is 0 Å². The molecule has 0 fully saturated rings. The zero-order chi connectivity index (χ0) is 11.5. The van der Waals surface area contributed by atoms with E-state index in [2.05, 4.69) is 5.32 Å². The molecule has 0 saturated carbocycles. The van der Waals surface area contributed by atoms with Crippen LogP contribution in [0.15, 0.2) is 11.8 Å². The van der Waals surface area contributed by atoms with Gasteiger partial charge in [-0.25, -0.2) is 0 Å². The summed E-state index contributed by atoms with van der Waals surface area (Å²) in [7, 11) is 0. The van der Waals surface area contributed by atoms with Gasteiger partial charge in [0.25, 0.3) is 0 Å². The molecule has 1 aliphatic heterocycles. The fourth-order valence-corrected chi connectivity index (χ4v) is 1.04. The lowest BCUT2D eigenvalue weighted by Gasteiger charge is -2.19. The molecule has 0 bridgehead atoms. The average molecular weight is 213 g/mol. The molecule has 0 unspecified atom stereocenters. The summed E-state index contributed by atoms with van der Waals surface area (Å²) in [4.78, 5) is 22.2. The van der Waals surface area contributed by atoms with Crippen molar-refractivity contribution in [3.8, 4) is 0 Å². The van der Waals surface area contributed by atoms with Crippen molar-refractivity contribution < 1.29 is 19.4 Å². The van der Waals surface area contributed by atoms with Gasteiger partial charge in [-0.3, -0.25) is 9.59 Å². The second-order valence-corrected chi connectivity index (χ2v) is 4.14. The molecule has 5 nitrogen and oxygen atoms in total. The highest BCUT2D eigenvalue weighted by atomic mass is 16.5. The molecule has 5 heteroatoms. The van der Waals surface area contributed by atoms with Gasteiger partial charge in [-0.2, -0.15) is 0 Å². The number of carbonyl (C=O) groups excluding carboxylic acids is 1. The van der Waals surface area contributed by atoms with Crippen LogP contribution in [0, 0.1) is 5.41 Å². The van der Waals surface area contributed by atoms with Crippen molar-refractivity contribution in [3.63, 3.8) is 0 Å². The van der Waals surface area contributed by atoms with Gasteiger partial charge in [0.2, 0.25) is 5.91 Å². The SMILES string of the molecule is CC(C)(CNC(=O)C1=COCC1)C(=O)O. The van der Waals surface area contributed by atoms with Crippen LogP contribution in [-0.4, -0.2) is 30.1 Å². The van der Waals surface area contributed by atoms with E-state index >= 15 is 0 Å². The van der Waals surface area contributed by atoms with Gasteiger partial charge in [0.1, 0.15) is 0 Å². The second kappa shape index (κ2) is 4.33. The van der Waals surface area contributed by atoms with Gasteiger partial charge in [0.05, 0.1) is 23.9 Å². The van der Waals surface area contributed by atoms with Crippen molar-refractivity contribution in [1.82, 2.24) is 5.32 Å². The van der Waals surface area contributed by atoms with E-state index in [4.69, 9.17) is 9.84 Å². The van der Waals surface area contributed by atoms with Crippen molar-refractivity contribution in [1.29, 1.82) is 0 Å². The molecule has 0 atom stereocenters. The fourth-order valence-electron chi connectivity index (χ4n) is 1.04. The smallest absolute Gasteiger partial charge is 0.310 e. The largest absolute Gasteiger partial charge is 0.500 e. The molecule has 0 aromatic carbocycles. The van der Waals surface area contributed by atoms with E-state index in [-0.39, 0.29) is 12.5 Å². The minimum absolute atomic E-state index is 0.110. The first-order valence-corrected chi connectivity index (χ1v) is 4.76.